The van der Waals surface area contributed by atoms with E-state index in [1.165, 1.54) is 13.8 Å². The van der Waals surface area contributed by atoms with E-state index in [0.717, 1.165) is 29.5 Å². The second-order valence-corrected chi connectivity index (χ2v) is 7.58. The molecule has 1 aliphatic heterocycles. The van der Waals surface area contributed by atoms with E-state index in [-0.39, 0.29) is 12.1 Å². The van der Waals surface area contributed by atoms with E-state index in [0.29, 0.717) is 29.6 Å². The number of carbonyl (C=O) groups excluding carboxylic acids is 2. The van der Waals surface area contributed by atoms with Crippen molar-refractivity contribution in [1.82, 2.24) is 0 Å². The number of ether oxygens (including phenoxy) is 4. The molecule has 0 bridgehead atoms. The first-order chi connectivity index (χ1) is 15.5. The van der Waals surface area contributed by atoms with Crippen LogP contribution in [0.15, 0.2) is 66.7 Å². The molecule has 0 aromatic heterocycles. The minimum absolute atomic E-state index is 0.312. The van der Waals surface area contributed by atoms with Crippen LogP contribution < -0.4 is 18.9 Å². The molecular weight excluding hydrogens is 408 g/mol. The average molecular weight is 432 g/mol. The fourth-order valence-corrected chi connectivity index (χ4v) is 3.65. The van der Waals surface area contributed by atoms with Crippen LogP contribution in [0, 0.1) is 0 Å². The SMILES string of the molecule is CC(=O)Oc1ccc2c(c1)OC(c1ccc(OCc3ccccc3)cc1OC(C)=O)CC2. The summed E-state index contributed by atoms with van der Waals surface area (Å²) in [7, 11) is 0. The van der Waals surface area contributed by atoms with Gasteiger partial charge in [-0.1, -0.05) is 36.4 Å². The molecule has 0 saturated carbocycles. The summed E-state index contributed by atoms with van der Waals surface area (Å²) in [6, 6.07) is 20.6. The molecule has 0 aliphatic carbocycles. The molecule has 1 atom stereocenters. The molecular formula is C26H24O6. The van der Waals surface area contributed by atoms with Crippen molar-refractivity contribution in [2.45, 2.75) is 39.4 Å². The minimum Gasteiger partial charge on any atom is -0.489 e. The molecule has 1 unspecified atom stereocenters. The summed E-state index contributed by atoms with van der Waals surface area (Å²) in [5, 5.41) is 0. The highest BCUT2D eigenvalue weighted by atomic mass is 16.5. The van der Waals surface area contributed by atoms with Gasteiger partial charge in [0.2, 0.25) is 0 Å². The van der Waals surface area contributed by atoms with E-state index in [2.05, 4.69) is 0 Å². The fourth-order valence-electron chi connectivity index (χ4n) is 3.65. The van der Waals surface area contributed by atoms with E-state index < -0.39 is 5.97 Å². The molecule has 164 valence electrons. The molecule has 0 amide bonds. The van der Waals surface area contributed by atoms with Crippen molar-refractivity contribution in [3.05, 3.63) is 83.4 Å². The third kappa shape index (κ3) is 5.27. The first-order valence-corrected chi connectivity index (χ1v) is 10.4. The smallest absolute Gasteiger partial charge is 0.308 e. The topological polar surface area (TPSA) is 71.1 Å². The van der Waals surface area contributed by atoms with E-state index in [1.807, 2.05) is 48.5 Å². The highest BCUT2D eigenvalue weighted by molar-refractivity contribution is 5.70. The first kappa shape index (κ1) is 21.4. The Kier molecular flexibility index (Phi) is 6.40. The average Bonchev–Trinajstić information content (AvgIpc) is 2.77. The van der Waals surface area contributed by atoms with Gasteiger partial charge in [0.25, 0.3) is 0 Å². The Labute approximate surface area is 186 Å². The van der Waals surface area contributed by atoms with Crippen LogP contribution in [0.1, 0.15) is 43.1 Å². The maximum atomic E-state index is 11.7. The molecule has 3 aromatic carbocycles. The van der Waals surface area contributed by atoms with Gasteiger partial charge in [0.1, 0.15) is 35.7 Å². The van der Waals surface area contributed by atoms with Crippen molar-refractivity contribution in [2.24, 2.45) is 0 Å². The zero-order valence-corrected chi connectivity index (χ0v) is 18.0. The number of hydrogen-bond donors (Lipinski definition) is 0. The number of esters is 2. The first-order valence-electron chi connectivity index (χ1n) is 10.4. The van der Waals surface area contributed by atoms with Gasteiger partial charge in [0.15, 0.2) is 0 Å². The Hall–Kier alpha value is -3.80. The highest BCUT2D eigenvalue weighted by Crippen LogP contribution is 2.41. The number of rotatable bonds is 6. The van der Waals surface area contributed by atoms with Gasteiger partial charge in [-0.2, -0.15) is 0 Å². The standard InChI is InChI=1S/C26H24O6/c1-17(27)30-22-10-8-20-9-13-24(32-25(20)15-22)23-12-11-21(14-26(23)31-18(2)28)29-16-19-6-4-3-5-7-19/h3-8,10-12,14-15,24H,9,13,16H2,1-2H3. The Morgan fingerprint density at radius 3 is 2.41 bits per heavy atom. The Balaban J connectivity index is 1.55. The molecule has 3 aromatic rings. The van der Waals surface area contributed by atoms with Gasteiger partial charge in [-0.3, -0.25) is 9.59 Å². The van der Waals surface area contributed by atoms with Gasteiger partial charge in [-0.05, 0) is 42.2 Å². The third-order valence-corrected chi connectivity index (χ3v) is 5.08. The molecule has 1 heterocycles. The van der Waals surface area contributed by atoms with Crippen molar-refractivity contribution < 1.29 is 28.5 Å². The number of hydrogen-bond acceptors (Lipinski definition) is 6. The summed E-state index contributed by atoms with van der Waals surface area (Å²) < 4.78 is 22.8. The Morgan fingerprint density at radius 1 is 0.906 bits per heavy atom. The van der Waals surface area contributed by atoms with Crippen molar-refractivity contribution in [2.75, 3.05) is 0 Å². The lowest BCUT2D eigenvalue weighted by molar-refractivity contribution is -0.132. The van der Waals surface area contributed by atoms with E-state index >= 15 is 0 Å². The van der Waals surface area contributed by atoms with Gasteiger partial charge in [0.05, 0.1) is 0 Å². The molecule has 0 N–H and O–H groups in total. The van der Waals surface area contributed by atoms with E-state index in [9.17, 15) is 9.59 Å². The lowest BCUT2D eigenvalue weighted by atomic mass is 9.96. The molecule has 0 spiro atoms. The lowest BCUT2D eigenvalue weighted by Gasteiger charge is -2.28. The maximum absolute atomic E-state index is 11.7. The third-order valence-electron chi connectivity index (χ3n) is 5.08. The van der Waals surface area contributed by atoms with Crippen LogP contribution in [0.5, 0.6) is 23.0 Å². The summed E-state index contributed by atoms with van der Waals surface area (Å²) in [5.74, 6) is 1.29. The van der Waals surface area contributed by atoms with Crippen LogP contribution in [0.3, 0.4) is 0 Å². The predicted octanol–water partition coefficient (Wildman–Crippen LogP) is 5.18. The van der Waals surface area contributed by atoms with Crippen LogP contribution in [0.2, 0.25) is 0 Å². The van der Waals surface area contributed by atoms with Crippen LogP contribution in [-0.2, 0) is 22.6 Å². The predicted molar refractivity (Wildman–Crippen MR) is 118 cm³/mol. The van der Waals surface area contributed by atoms with Crippen LogP contribution in [0.4, 0.5) is 0 Å². The maximum Gasteiger partial charge on any atom is 0.308 e. The summed E-state index contributed by atoms with van der Waals surface area (Å²) >= 11 is 0. The minimum atomic E-state index is -0.417. The van der Waals surface area contributed by atoms with Gasteiger partial charge >= 0.3 is 11.9 Å². The molecule has 1 aliphatic rings. The van der Waals surface area contributed by atoms with Crippen LogP contribution >= 0.6 is 0 Å². The molecule has 0 radical (unpaired) electrons. The second kappa shape index (κ2) is 9.56. The molecule has 0 saturated heterocycles. The van der Waals surface area contributed by atoms with Crippen molar-refractivity contribution in [3.63, 3.8) is 0 Å². The Morgan fingerprint density at radius 2 is 1.66 bits per heavy atom. The summed E-state index contributed by atoms with van der Waals surface area (Å²) in [6.45, 7) is 3.13. The number of carbonyl (C=O) groups is 2. The molecule has 6 heteroatoms. The second-order valence-electron chi connectivity index (χ2n) is 7.58. The molecule has 0 fully saturated rings. The quantitative estimate of drug-likeness (QED) is 0.395. The summed E-state index contributed by atoms with van der Waals surface area (Å²) in [5.41, 5.74) is 2.84. The number of aryl methyl sites for hydroxylation is 1. The molecule has 6 nitrogen and oxygen atoms in total. The summed E-state index contributed by atoms with van der Waals surface area (Å²) in [6.07, 6.45) is 1.19. The largest absolute Gasteiger partial charge is 0.489 e. The zero-order valence-electron chi connectivity index (χ0n) is 18.0. The van der Waals surface area contributed by atoms with Crippen molar-refractivity contribution in [1.29, 1.82) is 0 Å². The number of fused-ring (bicyclic) bond motifs is 1. The van der Waals surface area contributed by atoms with Gasteiger partial charge in [-0.25, -0.2) is 0 Å². The van der Waals surface area contributed by atoms with Gasteiger partial charge in [0, 0.05) is 31.5 Å². The lowest BCUT2D eigenvalue weighted by Crippen LogP contribution is -2.17. The van der Waals surface area contributed by atoms with E-state index in [4.69, 9.17) is 18.9 Å². The normalized spacial score (nSPS) is 14.6. The van der Waals surface area contributed by atoms with E-state index in [1.54, 1.807) is 18.2 Å². The fraction of sp³-hybridized carbons (Fsp3) is 0.231. The summed E-state index contributed by atoms with van der Waals surface area (Å²) in [4.78, 5) is 23.0. The van der Waals surface area contributed by atoms with Crippen LogP contribution in [0.25, 0.3) is 0 Å². The Bertz CT molecular complexity index is 1120. The monoisotopic (exact) mass is 432 g/mol. The van der Waals surface area contributed by atoms with Gasteiger partial charge < -0.3 is 18.9 Å². The van der Waals surface area contributed by atoms with Crippen molar-refractivity contribution >= 4 is 11.9 Å². The van der Waals surface area contributed by atoms with Gasteiger partial charge in [-0.15, -0.1) is 0 Å². The van der Waals surface area contributed by atoms with Crippen LogP contribution in [-0.4, -0.2) is 11.9 Å². The zero-order chi connectivity index (χ0) is 22.5. The number of benzene rings is 3. The van der Waals surface area contributed by atoms with Crippen molar-refractivity contribution in [3.8, 4) is 23.0 Å². The molecule has 32 heavy (non-hydrogen) atoms. The molecule has 4 rings (SSSR count). The highest BCUT2D eigenvalue weighted by Gasteiger charge is 2.26.